The van der Waals surface area contributed by atoms with Crippen LogP contribution in [0.4, 0.5) is 4.79 Å². The Morgan fingerprint density at radius 1 is 1.24 bits per heavy atom. The molecule has 2 heterocycles. The van der Waals surface area contributed by atoms with Crippen LogP contribution in [0.15, 0.2) is 0 Å². The molecule has 2 aliphatic heterocycles. The molecule has 2 saturated heterocycles. The number of amides is 4. The molecular weight excluding hydrogens is 342 g/mol. The van der Waals surface area contributed by atoms with Crippen LogP contribution in [-0.4, -0.2) is 64.2 Å². The van der Waals surface area contributed by atoms with Gasteiger partial charge in [0, 0.05) is 25.7 Å². The summed E-state index contributed by atoms with van der Waals surface area (Å²) in [5.74, 6) is -1.25. The van der Waals surface area contributed by atoms with Gasteiger partial charge in [-0.25, -0.2) is 0 Å². The second-order valence-electron chi connectivity index (χ2n) is 8.50. The van der Waals surface area contributed by atoms with Gasteiger partial charge in [0.05, 0.1) is 5.75 Å². The fourth-order valence-electron chi connectivity index (χ4n) is 4.78. The number of carbonyl (C=O) groups is 4. The molecule has 3 fully saturated rings. The second-order valence-corrected chi connectivity index (χ2v) is 9.43. The van der Waals surface area contributed by atoms with Crippen molar-refractivity contribution in [1.82, 2.24) is 15.1 Å². The van der Waals surface area contributed by atoms with Crippen LogP contribution in [0.25, 0.3) is 0 Å². The zero-order chi connectivity index (χ0) is 18.4. The number of hydrogen-bond acceptors (Lipinski definition) is 5. The van der Waals surface area contributed by atoms with Gasteiger partial charge in [-0.05, 0) is 30.1 Å². The van der Waals surface area contributed by atoms with Crippen LogP contribution < -0.4 is 5.32 Å². The molecule has 1 N–H and O–H groups in total. The van der Waals surface area contributed by atoms with Gasteiger partial charge < -0.3 is 10.2 Å². The summed E-state index contributed by atoms with van der Waals surface area (Å²) in [4.78, 5) is 50.6. The van der Waals surface area contributed by atoms with Crippen LogP contribution in [0.1, 0.15) is 40.0 Å². The predicted octanol–water partition coefficient (Wildman–Crippen LogP) is 1.23. The number of nitrogens with zero attached hydrogens (tertiary/aromatic N) is 2. The van der Waals surface area contributed by atoms with E-state index in [1.807, 2.05) is 0 Å². The summed E-state index contributed by atoms with van der Waals surface area (Å²) < 4.78 is 0. The van der Waals surface area contributed by atoms with E-state index in [2.05, 4.69) is 26.1 Å². The fourth-order valence-corrected chi connectivity index (χ4v) is 5.53. The van der Waals surface area contributed by atoms with E-state index in [-0.39, 0.29) is 46.9 Å². The molecule has 0 radical (unpaired) electrons. The van der Waals surface area contributed by atoms with Crippen LogP contribution in [0.5, 0.6) is 0 Å². The maximum Gasteiger partial charge on any atom is 0.312 e. The van der Waals surface area contributed by atoms with Gasteiger partial charge in [-0.2, -0.15) is 0 Å². The van der Waals surface area contributed by atoms with Crippen molar-refractivity contribution < 1.29 is 19.2 Å². The van der Waals surface area contributed by atoms with Gasteiger partial charge >= 0.3 is 11.8 Å². The Bertz CT molecular complexity index is 619. The lowest BCUT2D eigenvalue weighted by molar-refractivity contribution is -0.146. The van der Waals surface area contributed by atoms with Gasteiger partial charge in [0.2, 0.25) is 5.91 Å². The predicted molar refractivity (Wildman–Crippen MR) is 93.8 cm³/mol. The van der Waals surface area contributed by atoms with E-state index in [1.54, 1.807) is 4.90 Å². The third-order valence-electron chi connectivity index (χ3n) is 5.33. The van der Waals surface area contributed by atoms with Crippen molar-refractivity contribution in [2.24, 2.45) is 10.8 Å². The molecule has 8 heteroatoms. The van der Waals surface area contributed by atoms with Crippen molar-refractivity contribution in [1.29, 1.82) is 0 Å². The van der Waals surface area contributed by atoms with E-state index >= 15 is 0 Å². The first-order chi connectivity index (χ1) is 11.6. The summed E-state index contributed by atoms with van der Waals surface area (Å²) in [7, 11) is 0. The number of imide groups is 1. The lowest BCUT2D eigenvalue weighted by atomic mass is 9.65. The number of nitrogens with one attached hydrogen (secondary N) is 1. The molecule has 7 nitrogen and oxygen atoms in total. The van der Waals surface area contributed by atoms with Crippen LogP contribution in [0.3, 0.4) is 0 Å². The van der Waals surface area contributed by atoms with Crippen molar-refractivity contribution in [3.05, 3.63) is 0 Å². The maximum atomic E-state index is 12.6. The third kappa shape index (κ3) is 3.68. The molecule has 0 aromatic heterocycles. The monoisotopic (exact) mass is 367 g/mol. The largest absolute Gasteiger partial charge is 0.346 e. The Kier molecular flexibility index (Phi) is 4.59. The van der Waals surface area contributed by atoms with Crippen LogP contribution in [0.2, 0.25) is 0 Å². The Labute approximate surface area is 151 Å². The summed E-state index contributed by atoms with van der Waals surface area (Å²) >= 11 is 0.958. The SMILES string of the molecule is CC1(C)CC2CC(C)(CN2C(=O)C(=O)NCCN2C(=O)CSC2=O)C1. The summed E-state index contributed by atoms with van der Waals surface area (Å²) in [6, 6.07) is 0.116. The molecule has 0 aromatic carbocycles. The average Bonchev–Trinajstić information content (AvgIpc) is 2.94. The number of carbonyl (C=O) groups excluding carboxylic acids is 4. The molecule has 25 heavy (non-hydrogen) atoms. The van der Waals surface area contributed by atoms with Gasteiger partial charge in [-0.1, -0.05) is 32.5 Å². The van der Waals surface area contributed by atoms with E-state index in [0.717, 1.165) is 35.9 Å². The van der Waals surface area contributed by atoms with Crippen LogP contribution >= 0.6 is 11.8 Å². The number of rotatable bonds is 3. The van der Waals surface area contributed by atoms with Crippen LogP contribution in [0, 0.1) is 10.8 Å². The molecule has 2 bridgehead atoms. The Morgan fingerprint density at radius 2 is 1.96 bits per heavy atom. The molecule has 4 amide bonds. The van der Waals surface area contributed by atoms with E-state index in [0.29, 0.717) is 6.54 Å². The molecule has 0 aromatic rings. The molecule has 2 unspecified atom stereocenters. The van der Waals surface area contributed by atoms with Crippen molar-refractivity contribution in [2.75, 3.05) is 25.4 Å². The molecule has 2 atom stereocenters. The fraction of sp³-hybridized carbons (Fsp3) is 0.765. The first kappa shape index (κ1) is 18.2. The highest BCUT2D eigenvalue weighted by Crippen LogP contribution is 2.52. The maximum absolute atomic E-state index is 12.6. The minimum Gasteiger partial charge on any atom is -0.346 e. The Balaban J connectivity index is 1.54. The molecule has 0 spiro atoms. The molecular formula is C17H25N3O4S. The minimum atomic E-state index is -0.652. The normalized spacial score (nSPS) is 30.8. The van der Waals surface area contributed by atoms with Gasteiger partial charge in [0.1, 0.15) is 0 Å². The minimum absolute atomic E-state index is 0.0774. The second kappa shape index (κ2) is 6.30. The lowest BCUT2D eigenvalue weighted by Crippen LogP contribution is -2.47. The highest BCUT2D eigenvalue weighted by molar-refractivity contribution is 8.14. The molecule has 3 rings (SSSR count). The number of fused-ring (bicyclic) bond motifs is 2. The van der Waals surface area contributed by atoms with Crippen molar-refractivity contribution >= 4 is 34.7 Å². The number of likely N-dealkylation sites (tertiary alicyclic amines) is 1. The average molecular weight is 367 g/mol. The lowest BCUT2D eigenvalue weighted by Gasteiger charge is -2.39. The summed E-state index contributed by atoms with van der Waals surface area (Å²) in [6.07, 6.45) is 2.91. The molecule has 1 aliphatic carbocycles. The topological polar surface area (TPSA) is 86.8 Å². The Hall–Kier alpha value is -1.57. The molecule has 3 aliphatic rings. The van der Waals surface area contributed by atoms with Gasteiger partial charge in [0.25, 0.3) is 5.24 Å². The molecule has 138 valence electrons. The quantitative estimate of drug-likeness (QED) is 0.758. The van der Waals surface area contributed by atoms with E-state index in [4.69, 9.17) is 0 Å². The summed E-state index contributed by atoms with van der Waals surface area (Å²) in [6.45, 7) is 7.45. The zero-order valence-corrected chi connectivity index (χ0v) is 15.8. The van der Waals surface area contributed by atoms with E-state index in [1.165, 1.54) is 0 Å². The Morgan fingerprint density at radius 3 is 2.60 bits per heavy atom. The first-order valence-corrected chi connectivity index (χ1v) is 9.65. The zero-order valence-electron chi connectivity index (χ0n) is 15.0. The number of hydrogen-bond donors (Lipinski definition) is 1. The number of thioether (sulfide) groups is 1. The first-order valence-electron chi connectivity index (χ1n) is 8.66. The van der Waals surface area contributed by atoms with Gasteiger partial charge in [-0.3, -0.25) is 24.1 Å². The summed E-state index contributed by atoms with van der Waals surface area (Å²) in [5.41, 5.74) is 0.255. The van der Waals surface area contributed by atoms with E-state index < -0.39 is 11.8 Å². The van der Waals surface area contributed by atoms with Crippen LogP contribution in [-0.2, 0) is 14.4 Å². The third-order valence-corrected chi connectivity index (χ3v) is 6.19. The molecule has 1 saturated carbocycles. The van der Waals surface area contributed by atoms with Gasteiger partial charge in [0.15, 0.2) is 0 Å². The summed E-state index contributed by atoms with van der Waals surface area (Å²) in [5, 5.41) is 2.26. The standard InChI is InChI=1S/C17H25N3O4S/c1-16(2)6-11-7-17(3,9-16)10-20(11)14(23)13(22)18-4-5-19-12(21)8-25-15(19)24/h11H,4-10H2,1-3H3,(H,18,22). The van der Waals surface area contributed by atoms with Crippen molar-refractivity contribution in [3.8, 4) is 0 Å². The smallest absolute Gasteiger partial charge is 0.312 e. The van der Waals surface area contributed by atoms with Crippen molar-refractivity contribution in [3.63, 3.8) is 0 Å². The van der Waals surface area contributed by atoms with E-state index in [9.17, 15) is 19.2 Å². The van der Waals surface area contributed by atoms with Gasteiger partial charge in [-0.15, -0.1) is 0 Å². The highest BCUT2D eigenvalue weighted by Gasteiger charge is 2.51. The highest BCUT2D eigenvalue weighted by atomic mass is 32.2. The van der Waals surface area contributed by atoms with Crippen molar-refractivity contribution in [2.45, 2.75) is 46.1 Å².